The Balaban J connectivity index is 2.06. The largest absolute Gasteiger partial charge is 0.116 e. The third kappa shape index (κ3) is 3.86. The first-order valence-electron chi connectivity index (χ1n) is 9.75. The topological polar surface area (TPSA) is 0 Å². The molecular formula is C27H28S. The molecule has 142 valence electrons. The molecule has 1 aliphatic heterocycles. The van der Waals surface area contributed by atoms with E-state index in [-0.39, 0.29) is 0 Å². The van der Waals surface area contributed by atoms with E-state index in [9.17, 15) is 0 Å². The average molecular weight is 385 g/mol. The van der Waals surface area contributed by atoms with Crippen LogP contribution in [0.2, 0.25) is 0 Å². The summed E-state index contributed by atoms with van der Waals surface area (Å²) in [5, 5.41) is 0.324. The first-order chi connectivity index (χ1) is 13.6. The zero-order valence-corrected chi connectivity index (χ0v) is 17.8. The Bertz CT molecular complexity index is 954. The molecule has 1 heterocycles. The van der Waals surface area contributed by atoms with Gasteiger partial charge in [0.1, 0.15) is 0 Å². The number of rotatable bonds is 6. The number of thioether (sulfide) groups is 1. The number of hydrogen-bond donors (Lipinski definition) is 0. The first-order valence-corrected chi connectivity index (χ1v) is 10.6. The van der Waals surface area contributed by atoms with Crippen LogP contribution in [0.5, 0.6) is 0 Å². The lowest BCUT2D eigenvalue weighted by molar-refractivity contribution is 0.863. The minimum absolute atomic E-state index is 0.295. The maximum Gasteiger partial charge on any atom is 0.0450 e. The molecule has 1 aliphatic rings. The molecule has 0 amide bonds. The zero-order chi connectivity index (χ0) is 20.1. The average Bonchev–Trinajstić information content (AvgIpc) is 3.10. The molecule has 0 bridgehead atoms. The van der Waals surface area contributed by atoms with E-state index in [1.54, 1.807) is 0 Å². The van der Waals surface area contributed by atoms with Crippen molar-refractivity contribution in [1.82, 2.24) is 0 Å². The number of aryl methyl sites for hydroxylation is 1. The smallest absolute Gasteiger partial charge is 0.0450 e. The van der Waals surface area contributed by atoms with E-state index in [0.29, 0.717) is 11.2 Å². The number of fused-ring (bicyclic) bond motifs is 1. The number of benzene rings is 2. The predicted molar refractivity (Wildman–Crippen MR) is 126 cm³/mol. The second-order valence-electron chi connectivity index (χ2n) is 6.97. The molecule has 0 fully saturated rings. The van der Waals surface area contributed by atoms with Crippen molar-refractivity contribution in [2.45, 2.75) is 36.8 Å². The van der Waals surface area contributed by atoms with Crippen molar-refractivity contribution >= 4 is 11.8 Å². The van der Waals surface area contributed by atoms with Crippen LogP contribution in [-0.2, 0) is 0 Å². The zero-order valence-electron chi connectivity index (χ0n) is 17.0. The minimum Gasteiger partial charge on any atom is -0.116 e. The summed E-state index contributed by atoms with van der Waals surface area (Å²) in [5.74, 6) is 0.295. The van der Waals surface area contributed by atoms with Gasteiger partial charge in [0.25, 0.3) is 0 Å². The van der Waals surface area contributed by atoms with Gasteiger partial charge in [0.15, 0.2) is 0 Å². The molecule has 0 radical (unpaired) electrons. The van der Waals surface area contributed by atoms with E-state index in [1.165, 1.54) is 38.3 Å². The number of hydrogen-bond acceptors (Lipinski definition) is 1. The molecule has 2 atom stereocenters. The summed E-state index contributed by atoms with van der Waals surface area (Å²) in [4.78, 5) is 1.38. The third-order valence-corrected chi connectivity index (χ3v) is 6.76. The monoisotopic (exact) mass is 384 g/mol. The molecule has 0 nitrogen and oxygen atoms in total. The van der Waals surface area contributed by atoms with Crippen molar-refractivity contribution < 1.29 is 0 Å². The molecule has 0 aromatic heterocycles. The van der Waals surface area contributed by atoms with Crippen LogP contribution in [0.3, 0.4) is 0 Å². The molecule has 1 heteroatoms. The van der Waals surface area contributed by atoms with E-state index in [4.69, 9.17) is 0 Å². The van der Waals surface area contributed by atoms with Gasteiger partial charge in [0, 0.05) is 16.1 Å². The van der Waals surface area contributed by atoms with E-state index in [1.807, 2.05) is 23.9 Å². The SMILES string of the molecule is C=C\C=C/C(=C\C)C(=C/C)/C1Sc2c(-c3ccc(C)cc3)cccc2C1C=C. The maximum atomic E-state index is 4.18. The molecule has 0 saturated heterocycles. The predicted octanol–water partition coefficient (Wildman–Crippen LogP) is 8.04. The highest BCUT2D eigenvalue weighted by atomic mass is 32.2. The standard InChI is InChI=1S/C27H28S/c1-6-10-12-20(7-2)22(8-3)26-23(9-4)25-14-11-13-24(27(25)28-26)21-17-15-19(5)16-18-21/h6-18,23,26H,1,4H2,2-3,5H3/b12-10-,20-7+,22-8-. The first kappa shape index (κ1) is 20.2. The Kier molecular flexibility index (Phi) is 6.59. The van der Waals surface area contributed by atoms with E-state index < -0.39 is 0 Å². The summed E-state index contributed by atoms with van der Waals surface area (Å²) in [6.07, 6.45) is 12.5. The summed E-state index contributed by atoms with van der Waals surface area (Å²) in [6.45, 7) is 14.3. The second-order valence-corrected chi connectivity index (χ2v) is 8.12. The van der Waals surface area contributed by atoms with Crippen LogP contribution in [0.1, 0.15) is 30.9 Å². The van der Waals surface area contributed by atoms with Crippen molar-refractivity contribution in [3.63, 3.8) is 0 Å². The van der Waals surface area contributed by atoms with E-state index >= 15 is 0 Å². The Morgan fingerprint density at radius 1 is 1.00 bits per heavy atom. The molecule has 0 spiro atoms. The summed E-state index contributed by atoms with van der Waals surface area (Å²) < 4.78 is 0. The summed E-state index contributed by atoms with van der Waals surface area (Å²) in [7, 11) is 0. The lowest BCUT2D eigenvalue weighted by Gasteiger charge is -2.20. The number of allylic oxidation sites excluding steroid dienone is 7. The van der Waals surface area contributed by atoms with E-state index in [0.717, 1.165) is 0 Å². The van der Waals surface area contributed by atoms with Crippen LogP contribution in [0.25, 0.3) is 11.1 Å². The van der Waals surface area contributed by atoms with Crippen LogP contribution in [-0.4, -0.2) is 5.25 Å². The van der Waals surface area contributed by atoms with Gasteiger partial charge in [-0.05, 0) is 48.6 Å². The molecule has 0 aliphatic carbocycles. The molecule has 3 rings (SSSR count). The van der Waals surface area contributed by atoms with Crippen LogP contribution < -0.4 is 0 Å². The molecule has 0 N–H and O–H groups in total. The van der Waals surface area contributed by atoms with Gasteiger partial charge >= 0.3 is 0 Å². The Morgan fingerprint density at radius 3 is 2.36 bits per heavy atom. The van der Waals surface area contributed by atoms with Crippen LogP contribution in [0.15, 0.2) is 108 Å². The van der Waals surface area contributed by atoms with Crippen molar-refractivity contribution in [1.29, 1.82) is 0 Å². The van der Waals surface area contributed by atoms with Gasteiger partial charge < -0.3 is 0 Å². The van der Waals surface area contributed by atoms with E-state index in [2.05, 4.69) is 101 Å². The summed E-state index contributed by atoms with van der Waals surface area (Å²) >= 11 is 1.96. The highest BCUT2D eigenvalue weighted by molar-refractivity contribution is 8.00. The normalized spacial score (nSPS) is 19.7. The molecule has 0 saturated carbocycles. The van der Waals surface area contributed by atoms with Gasteiger partial charge in [-0.3, -0.25) is 0 Å². The molecule has 2 aromatic carbocycles. The fourth-order valence-corrected chi connectivity index (χ4v) is 5.52. The van der Waals surface area contributed by atoms with Crippen LogP contribution in [0.4, 0.5) is 0 Å². The molecular weight excluding hydrogens is 356 g/mol. The van der Waals surface area contributed by atoms with Gasteiger partial charge in [-0.2, -0.15) is 0 Å². The summed E-state index contributed by atoms with van der Waals surface area (Å²) in [6, 6.07) is 15.5. The molecule has 28 heavy (non-hydrogen) atoms. The fourth-order valence-electron chi connectivity index (χ4n) is 3.81. The summed E-state index contributed by atoms with van der Waals surface area (Å²) in [5.41, 5.74) is 7.85. The Labute approximate surface area is 174 Å². The van der Waals surface area contributed by atoms with Gasteiger partial charge in [-0.1, -0.05) is 91.1 Å². The second kappa shape index (κ2) is 9.12. The van der Waals surface area contributed by atoms with Crippen molar-refractivity contribution in [2.24, 2.45) is 0 Å². The van der Waals surface area contributed by atoms with Crippen molar-refractivity contribution in [3.8, 4) is 11.1 Å². The van der Waals surface area contributed by atoms with Gasteiger partial charge in [0.2, 0.25) is 0 Å². The lowest BCUT2D eigenvalue weighted by atomic mass is 9.87. The molecule has 2 aromatic rings. The Morgan fingerprint density at radius 2 is 1.75 bits per heavy atom. The third-order valence-electron chi connectivity index (χ3n) is 5.27. The fraction of sp³-hybridized carbons (Fsp3) is 0.185. The van der Waals surface area contributed by atoms with Crippen molar-refractivity contribution in [2.75, 3.05) is 0 Å². The molecule has 2 unspecified atom stereocenters. The Hall–Kier alpha value is -2.51. The lowest BCUT2D eigenvalue weighted by Crippen LogP contribution is -2.12. The van der Waals surface area contributed by atoms with Crippen molar-refractivity contribution in [3.05, 3.63) is 114 Å². The maximum absolute atomic E-state index is 4.18. The highest BCUT2D eigenvalue weighted by Gasteiger charge is 2.35. The van der Waals surface area contributed by atoms with Crippen LogP contribution >= 0.6 is 11.8 Å². The van der Waals surface area contributed by atoms with Gasteiger partial charge in [-0.15, -0.1) is 18.3 Å². The van der Waals surface area contributed by atoms with Gasteiger partial charge in [-0.25, -0.2) is 0 Å². The van der Waals surface area contributed by atoms with Crippen LogP contribution in [0, 0.1) is 6.92 Å². The van der Waals surface area contributed by atoms with Gasteiger partial charge in [0.05, 0.1) is 0 Å². The quantitative estimate of drug-likeness (QED) is 0.359. The minimum atomic E-state index is 0.295. The highest BCUT2D eigenvalue weighted by Crippen LogP contribution is 2.53.